The van der Waals surface area contributed by atoms with Gasteiger partial charge in [0.2, 0.25) is 0 Å². The first-order valence-electron chi connectivity index (χ1n) is 5.31. The molecule has 0 aliphatic carbocycles. The van der Waals surface area contributed by atoms with E-state index in [-0.39, 0.29) is 0 Å². The number of hydrogen-bond donors (Lipinski definition) is 1. The number of benzene rings is 1. The van der Waals surface area contributed by atoms with Crippen molar-refractivity contribution in [2.75, 3.05) is 6.54 Å². The van der Waals surface area contributed by atoms with Crippen LogP contribution in [-0.4, -0.2) is 31.3 Å². The molecule has 0 amide bonds. The Labute approximate surface area is 103 Å². The molecule has 0 saturated heterocycles. The van der Waals surface area contributed by atoms with Crippen LogP contribution in [0.2, 0.25) is 0 Å². The van der Waals surface area contributed by atoms with Crippen LogP contribution < -0.4 is 5.73 Å². The van der Waals surface area contributed by atoms with Crippen molar-refractivity contribution < 1.29 is 0 Å². The Hall–Kier alpha value is -1.09. The molecule has 0 saturated carbocycles. The molecule has 1 aromatic heterocycles. The zero-order chi connectivity index (χ0) is 11.4. The summed E-state index contributed by atoms with van der Waals surface area (Å²) in [6.07, 6.45) is 4.14. The van der Waals surface area contributed by atoms with Gasteiger partial charge in [-0.05, 0) is 0 Å². The molecule has 0 aliphatic rings. The Kier molecular flexibility index (Phi) is 3.78. The maximum atomic E-state index is 5.55. The van der Waals surface area contributed by atoms with Gasteiger partial charge < -0.3 is 0 Å². The predicted octanol–water partition coefficient (Wildman–Crippen LogP) is 0.997. The quantitative estimate of drug-likeness (QED) is 0.833. The second kappa shape index (κ2) is 5.30. The Morgan fingerprint density at radius 2 is 1.75 bits per heavy atom. The van der Waals surface area contributed by atoms with Crippen LogP contribution in [0.3, 0.4) is 0 Å². The van der Waals surface area contributed by atoms with Crippen molar-refractivity contribution >= 4 is 15.6 Å². The van der Waals surface area contributed by atoms with Crippen LogP contribution >= 0.6 is 0 Å². The van der Waals surface area contributed by atoms with Gasteiger partial charge in [-0.2, -0.15) is 0 Å². The van der Waals surface area contributed by atoms with Crippen LogP contribution in [0.1, 0.15) is 5.56 Å². The standard InChI is InChI=1S/C12H15N3Se/c13-6-7-14-8-9-15(12(14)16)10-11-4-2-1-3-5-11/h1-5,8-9H,6-7,10,13H2. The minimum absolute atomic E-state index is 0.661. The maximum absolute atomic E-state index is 5.55. The summed E-state index contributed by atoms with van der Waals surface area (Å²) in [5, 5.41) is 0. The molecular weight excluding hydrogens is 265 g/mol. The van der Waals surface area contributed by atoms with E-state index in [1.807, 2.05) is 6.07 Å². The Bertz CT molecular complexity index is 498. The van der Waals surface area contributed by atoms with Gasteiger partial charge in [-0.15, -0.1) is 0 Å². The van der Waals surface area contributed by atoms with Gasteiger partial charge >= 0.3 is 103 Å². The number of nitrogens with zero attached hydrogens (tertiary/aromatic N) is 2. The van der Waals surface area contributed by atoms with Gasteiger partial charge in [-0.1, -0.05) is 0 Å². The first kappa shape index (κ1) is 11.4. The topological polar surface area (TPSA) is 35.9 Å². The number of imidazole rings is 1. The van der Waals surface area contributed by atoms with E-state index in [1.165, 1.54) is 5.56 Å². The van der Waals surface area contributed by atoms with Crippen LogP contribution in [0.25, 0.3) is 0 Å². The number of rotatable bonds is 4. The molecule has 3 nitrogen and oxygen atoms in total. The van der Waals surface area contributed by atoms with Crippen molar-refractivity contribution in [2.45, 2.75) is 13.1 Å². The molecule has 4 heteroatoms. The molecule has 2 rings (SSSR count). The summed E-state index contributed by atoms with van der Waals surface area (Å²) in [6, 6.07) is 10.4. The van der Waals surface area contributed by atoms with Crippen LogP contribution in [0, 0.1) is 4.32 Å². The monoisotopic (exact) mass is 281 g/mol. The van der Waals surface area contributed by atoms with Crippen molar-refractivity contribution in [2.24, 2.45) is 5.73 Å². The van der Waals surface area contributed by atoms with Gasteiger partial charge in [-0.25, -0.2) is 0 Å². The molecule has 0 spiro atoms. The summed E-state index contributed by atoms with van der Waals surface area (Å²) < 4.78 is 5.43. The van der Waals surface area contributed by atoms with E-state index in [0.717, 1.165) is 17.4 Å². The van der Waals surface area contributed by atoms with Crippen molar-refractivity contribution in [1.29, 1.82) is 0 Å². The van der Waals surface area contributed by atoms with Crippen molar-refractivity contribution in [3.05, 3.63) is 52.6 Å². The molecule has 1 aromatic carbocycles. The molecular formula is C12H15N3Se. The number of hydrogen-bond acceptors (Lipinski definition) is 1. The third-order valence-corrected chi connectivity index (χ3v) is 3.47. The van der Waals surface area contributed by atoms with E-state index in [4.69, 9.17) is 5.73 Å². The fraction of sp³-hybridized carbons (Fsp3) is 0.250. The molecule has 84 valence electrons. The van der Waals surface area contributed by atoms with Gasteiger partial charge in [0.15, 0.2) is 0 Å². The average Bonchev–Trinajstić information content (AvgIpc) is 2.64. The predicted molar refractivity (Wildman–Crippen MR) is 66.0 cm³/mol. The molecule has 0 aliphatic heterocycles. The van der Waals surface area contributed by atoms with E-state index in [1.54, 1.807) is 0 Å². The summed E-state index contributed by atoms with van der Waals surface area (Å²) in [6.45, 7) is 2.40. The summed E-state index contributed by atoms with van der Waals surface area (Å²) >= 11 is 3.09. The van der Waals surface area contributed by atoms with Crippen LogP contribution in [0.15, 0.2) is 42.7 Å². The van der Waals surface area contributed by atoms with E-state index >= 15 is 0 Å². The van der Waals surface area contributed by atoms with Crippen LogP contribution in [0.5, 0.6) is 0 Å². The van der Waals surface area contributed by atoms with Gasteiger partial charge in [0, 0.05) is 0 Å². The van der Waals surface area contributed by atoms with Crippen molar-refractivity contribution in [1.82, 2.24) is 9.13 Å². The van der Waals surface area contributed by atoms with Gasteiger partial charge in [0.25, 0.3) is 0 Å². The molecule has 2 N–H and O–H groups in total. The van der Waals surface area contributed by atoms with Crippen LogP contribution in [-0.2, 0) is 13.1 Å². The molecule has 1 heterocycles. The van der Waals surface area contributed by atoms with Crippen molar-refractivity contribution in [3.63, 3.8) is 0 Å². The zero-order valence-corrected chi connectivity index (χ0v) is 10.8. The van der Waals surface area contributed by atoms with Gasteiger partial charge in [0.1, 0.15) is 0 Å². The van der Waals surface area contributed by atoms with Crippen LogP contribution in [0.4, 0.5) is 0 Å². The van der Waals surface area contributed by atoms with Gasteiger partial charge in [-0.3, -0.25) is 0 Å². The summed E-state index contributed by atoms with van der Waals surface area (Å²) in [5.41, 5.74) is 6.85. The Balaban J connectivity index is 2.20. The average molecular weight is 280 g/mol. The molecule has 0 atom stereocenters. The fourth-order valence-corrected chi connectivity index (χ4v) is 2.25. The molecule has 2 aromatic rings. The zero-order valence-electron chi connectivity index (χ0n) is 9.04. The van der Waals surface area contributed by atoms with E-state index < -0.39 is 0 Å². The number of nitrogens with two attached hydrogens (primary N) is 1. The van der Waals surface area contributed by atoms with E-state index in [9.17, 15) is 0 Å². The van der Waals surface area contributed by atoms with Crippen molar-refractivity contribution in [3.8, 4) is 0 Å². The summed E-state index contributed by atoms with van der Waals surface area (Å²) in [5.74, 6) is 0. The summed E-state index contributed by atoms with van der Waals surface area (Å²) in [4.78, 5) is 0. The Morgan fingerprint density at radius 3 is 2.44 bits per heavy atom. The SMILES string of the molecule is NCCn1ccn(Cc2ccccc2)c1=[Se]. The van der Waals surface area contributed by atoms with Gasteiger partial charge in [0.05, 0.1) is 0 Å². The molecule has 0 unspecified atom stereocenters. The normalized spacial score (nSPS) is 10.6. The third-order valence-electron chi connectivity index (χ3n) is 2.48. The second-order valence-corrected chi connectivity index (χ2v) is 4.44. The molecule has 0 fully saturated rings. The first-order chi connectivity index (χ1) is 7.81. The summed E-state index contributed by atoms with van der Waals surface area (Å²) in [7, 11) is 0. The van der Waals surface area contributed by atoms with E-state index in [0.29, 0.717) is 6.54 Å². The first-order valence-corrected chi connectivity index (χ1v) is 6.16. The molecule has 16 heavy (non-hydrogen) atoms. The second-order valence-electron chi connectivity index (χ2n) is 3.68. The molecule has 0 bridgehead atoms. The van der Waals surface area contributed by atoms with E-state index in [2.05, 4.69) is 61.4 Å². The number of aromatic nitrogens is 2. The Morgan fingerprint density at radius 1 is 1.06 bits per heavy atom. The third kappa shape index (κ3) is 2.53. The minimum atomic E-state index is 0.661. The fourth-order valence-electron chi connectivity index (χ4n) is 1.66. The molecule has 0 radical (unpaired) electrons.